The van der Waals surface area contributed by atoms with Gasteiger partial charge in [-0.3, -0.25) is 4.79 Å². The van der Waals surface area contributed by atoms with E-state index in [0.717, 1.165) is 36.0 Å². The third-order valence-corrected chi connectivity index (χ3v) is 6.90. The first-order valence-electron chi connectivity index (χ1n) is 9.53. The Morgan fingerprint density at radius 2 is 1.67 bits per heavy atom. The quantitative estimate of drug-likeness (QED) is 0.229. The standard InChI is InChI=1S/C24H20I2N2O2/c1-30-22-16(12-19(25)13-21(22)26)15-27-28-23(29)20-14-24(20,17-8-4-2-5-9-17)18-10-6-3-7-11-18/h2-13,15,20H,14H2,1H3,(H,28,29)/b27-15-/t20-/m1/s1. The third kappa shape index (κ3) is 4.12. The third-order valence-electron chi connectivity index (χ3n) is 5.47. The van der Waals surface area contributed by atoms with Crippen molar-refractivity contribution in [2.75, 3.05) is 7.11 Å². The topological polar surface area (TPSA) is 50.7 Å². The molecule has 3 aromatic carbocycles. The molecule has 152 valence electrons. The van der Waals surface area contributed by atoms with Crippen molar-refractivity contribution < 1.29 is 9.53 Å². The first-order chi connectivity index (χ1) is 14.6. The first kappa shape index (κ1) is 21.3. The average Bonchev–Trinajstić information content (AvgIpc) is 3.52. The Bertz CT molecular complexity index is 1050. The number of hydrogen-bond donors (Lipinski definition) is 1. The molecule has 30 heavy (non-hydrogen) atoms. The molecule has 1 amide bonds. The van der Waals surface area contributed by atoms with Crippen LogP contribution in [0.2, 0.25) is 0 Å². The highest BCUT2D eigenvalue weighted by atomic mass is 127. The van der Waals surface area contributed by atoms with E-state index in [0.29, 0.717) is 0 Å². The van der Waals surface area contributed by atoms with Crippen molar-refractivity contribution in [2.24, 2.45) is 11.0 Å². The van der Waals surface area contributed by atoms with Crippen LogP contribution in [0.25, 0.3) is 0 Å². The summed E-state index contributed by atoms with van der Waals surface area (Å²) in [5.74, 6) is 0.527. The van der Waals surface area contributed by atoms with Gasteiger partial charge in [0, 0.05) is 14.5 Å². The molecule has 1 saturated carbocycles. The van der Waals surface area contributed by atoms with Crippen molar-refractivity contribution in [3.63, 3.8) is 0 Å². The van der Waals surface area contributed by atoms with Crippen molar-refractivity contribution in [3.8, 4) is 5.75 Å². The normalized spacial score (nSPS) is 17.0. The zero-order chi connectivity index (χ0) is 21.1. The number of carbonyl (C=O) groups excluding carboxylic acids is 1. The summed E-state index contributed by atoms with van der Waals surface area (Å²) >= 11 is 4.49. The minimum atomic E-state index is -0.294. The second-order valence-corrected chi connectivity index (χ2v) is 9.61. The van der Waals surface area contributed by atoms with Gasteiger partial charge >= 0.3 is 0 Å². The van der Waals surface area contributed by atoms with Gasteiger partial charge in [-0.25, -0.2) is 5.43 Å². The van der Waals surface area contributed by atoms with Gasteiger partial charge in [-0.1, -0.05) is 60.7 Å². The van der Waals surface area contributed by atoms with Gasteiger partial charge < -0.3 is 4.74 Å². The predicted octanol–water partition coefficient (Wildman–Crippen LogP) is 5.36. The fraction of sp³-hybridized carbons (Fsp3) is 0.167. The number of carbonyl (C=O) groups is 1. The Kier molecular flexibility index (Phi) is 6.43. The van der Waals surface area contributed by atoms with Crippen molar-refractivity contribution >= 4 is 57.3 Å². The number of halogens is 2. The number of amides is 1. The van der Waals surface area contributed by atoms with Gasteiger partial charge in [-0.2, -0.15) is 5.10 Å². The van der Waals surface area contributed by atoms with Crippen LogP contribution in [0, 0.1) is 13.1 Å². The van der Waals surface area contributed by atoms with Crippen molar-refractivity contribution in [1.82, 2.24) is 5.43 Å². The van der Waals surface area contributed by atoms with E-state index in [9.17, 15) is 4.79 Å². The molecule has 1 atom stereocenters. The highest BCUT2D eigenvalue weighted by molar-refractivity contribution is 14.1. The second kappa shape index (κ2) is 9.05. The number of nitrogens with one attached hydrogen (secondary N) is 1. The van der Waals surface area contributed by atoms with E-state index in [4.69, 9.17) is 4.74 Å². The van der Waals surface area contributed by atoms with Crippen LogP contribution in [-0.4, -0.2) is 19.2 Å². The summed E-state index contributed by atoms with van der Waals surface area (Å²) in [6.45, 7) is 0. The van der Waals surface area contributed by atoms with Crippen LogP contribution < -0.4 is 10.2 Å². The molecule has 0 spiro atoms. The van der Waals surface area contributed by atoms with Crippen LogP contribution in [0.5, 0.6) is 5.75 Å². The SMILES string of the molecule is COc1c(I)cc(I)cc1/C=N\NC(=O)[C@H]1CC1(c1ccccc1)c1ccccc1. The molecule has 1 N–H and O–H groups in total. The highest BCUT2D eigenvalue weighted by Crippen LogP contribution is 2.58. The largest absolute Gasteiger partial charge is 0.495 e. The number of methoxy groups -OCH3 is 1. The number of rotatable bonds is 6. The Morgan fingerprint density at radius 1 is 1.07 bits per heavy atom. The van der Waals surface area contributed by atoms with Crippen molar-refractivity contribution in [3.05, 3.63) is 96.6 Å². The fourth-order valence-corrected chi connectivity index (χ4v) is 6.10. The van der Waals surface area contributed by atoms with Crippen molar-refractivity contribution in [2.45, 2.75) is 11.8 Å². The zero-order valence-electron chi connectivity index (χ0n) is 16.3. The molecular weight excluding hydrogens is 602 g/mol. The molecule has 0 radical (unpaired) electrons. The first-order valence-corrected chi connectivity index (χ1v) is 11.7. The number of ether oxygens (including phenoxy) is 1. The molecule has 4 rings (SSSR count). The monoisotopic (exact) mass is 622 g/mol. The van der Waals surface area contributed by atoms with Gasteiger partial charge in [0.2, 0.25) is 5.91 Å². The van der Waals surface area contributed by atoms with Gasteiger partial charge in [0.05, 0.1) is 22.8 Å². The molecule has 0 saturated heterocycles. The maximum Gasteiger partial charge on any atom is 0.244 e. The molecule has 0 bridgehead atoms. The van der Waals surface area contributed by atoms with Crippen LogP contribution in [-0.2, 0) is 10.2 Å². The lowest BCUT2D eigenvalue weighted by atomic mass is 9.85. The number of nitrogens with zero attached hydrogens (tertiary/aromatic N) is 1. The Morgan fingerprint density at radius 3 is 2.23 bits per heavy atom. The summed E-state index contributed by atoms with van der Waals surface area (Å²) in [6.07, 6.45) is 2.42. The fourth-order valence-electron chi connectivity index (χ4n) is 3.99. The number of benzene rings is 3. The van der Waals surface area contributed by atoms with Gasteiger partial charge in [0.25, 0.3) is 0 Å². The van der Waals surface area contributed by atoms with Gasteiger partial charge in [-0.15, -0.1) is 0 Å². The van der Waals surface area contributed by atoms with E-state index in [1.165, 1.54) is 0 Å². The van der Waals surface area contributed by atoms with E-state index >= 15 is 0 Å². The van der Waals surface area contributed by atoms with Crippen LogP contribution >= 0.6 is 45.2 Å². The molecule has 1 aliphatic carbocycles. The minimum Gasteiger partial charge on any atom is -0.495 e. The van der Waals surface area contributed by atoms with Crippen LogP contribution in [0.1, 0.15) is 23.1 Å². The lowest BCUT2D eigenvalue weighted by Gasteiger charge is -2.18. The lowest BCUT2D eigenvalue weighted by Crippen LogP contribution is -2.25. The summed E-state index contributed by atoms with van der Waals surface area (Å²) in [5.41, 5.74) is 5.61. The zero-order valence-corrected chi connectivity index (χ0v) is 20.6. The Hall–Kier alpha value is -1.94. The summed E-state index contributed by atoms with van der Waals surface area (Å²) in [6, 6.07) is 24.5. The maximum atomic E-state index is 13.0. The summed E-state index contributed by atoms with van der Waals surface area (Å²) in [7, 11) is 1.64. The predicted molar refractivity (Wildman–Crippen MR) is 136 cm³/mol. The average molecular weight is 622 g/mol. The molecular formula is C24H20I2N2O2. The van der Waals surface area contributed by atoms with Gasteiger partial charge in [0.1, 0.15) is 5.75 Å². The Balaban J connectivity index is 1.56. The molecule has 0 heterocycles. The van der Waals surface area contributed by atoms with Crippen LogP contribution in [0.4, 0.5) is 0 Å². The molecule has 3 aromatic rings. The highest BCUT2D eigenvalue weighted by Gasteiger charge is 2.60. The van der Waals surface area contributed by atoms with Crippen LogP contribution in [0.3, 0.4) is 0 Å². The molecule has 4 nitrogen and oxygen atoms in total. The Labute approximate surface area is 203 Å². The lowest BCUT2D eigenvalue weighted by molar-refractivity contribution is -0.122. The van der Waals surface area contributed by atoms with E-state index in [2.05, 4.69) is 80.0 Å². The molecule has 0 aliphatic heterocycles. The summed E-state index contributed by atoms with van der Waals surface area (Å²) < 4.78 is 7.57. The van der Waals surface area contributed by atoms with Crippen LogP contribution in [0.15, 0.2) is 77.9 Å². The summed E-state index contributed by atoms with van der Waals surface area (Å²) in [5, 5.41) is 4.24. The molecule has 0 aromatic heterocycles. The van der Waals surface area contributed by atoms with Gasteiger partial charge in [-0.05, 0) is 74.9 Å². The van der Waals surface area contributed by atoms with E-state index < -0.39 is 0 Å². The number of hydrogen-bond acceptors (Lipinski definition) is 3. The molecule has 6 heteroatoms. The smallest absolute Gasteiger partial charge is 0.244 e. The van der Waals surface area contributed by atoms with Crippen molar-refractivity contribution in [1.29, 1.82) is 0 Å². The van der Waals surface area contributed by atoms with E-state index in [-0.39, 0.29) is 17.2 Å². The molecule has 0 unspecified atom stereocenters. The minimum absolute atomic E-state index is 0.0711. The number of hydrazone groups is 1. The maximum absolute atomic E-state index is 13.0. The molecule has 1 fully saturated rings. The van der Waals surface area contributed by atoms with Gasteiger partial charge in [0.15, 0.2) is 0 Å². The van der Waals surface area contributed by atoms with E-state index in [1.807, 2.05) is 48.5 Å². The molecule has 1 aliphatic rings. The van der Waals surface area contributed by atoms with E-state index in [1.54, 1.807) is 13.3 Å². The second-order valence-electron chi connectivity index (χ2n) is 7.20. The summed E-state index contributed by atoms with van der Waals surface area (Å²) in [4.78, 5) is 13.0.